The number of unbranched alkanes of at least 4 members (excludes halogenated alkanes) is 6. The zero-order chi connectivity index (χ0) is 82.6. The first-order chi connectivity index (χ1) is 54.8. The summed E-state index contributed by atoms with van der Waals surface area (Å²) in [7, 11) is 3.29. The lowest BCUT2D eigenvalue weighted by atomic mass is 9.71. The second kappa shape index (κ2) is 38.2. The largest absolute Gasteiger partial charge is 0.462 e. The van der Waals surface area contributed by atoms with E-state index in [0.717, 1.165) is 56.1 Å². The highest BCUT2D eigenvalue weighted by molar-refractivity contribution is 5.80. The van der Waals surface area contributed by atoms with Crippen molar-refractivity contribution < 1.29 is 106 Å². The highest BCUT2D eigenvalue weighted by Crippen LogP contribution is 2.50. The lowest BCUT2D eigenvalue weighted by Gasteiger charge is -2.48. The summed E-state index contributed by atoms with van der Waals surface area (Å²) < 4.78 is 92.0. The van der Waals surface area contributed by atoms with Crippen LogP contribution in [-0.2, 0) is 85.5 Å². The number of ether oxygens (including phenoxy) is 14. The Kier molecular flexibility index (Phi) is 29.5. The molecule has 2 amide bonds. The summed E-state index contributed by atoms with van der Waals surface area (Å²) in [6.07, 6.45) is 25.7. The van der Waals surface area contributed by atoms with E-state index in [1.54, 1.807) is 52.4 Å². The number of carbonyl (C=O) groups excluding carboxylic acids is 4. The van der Waals surface area contributed by atoms with Crippen LogP contribution in [0.15, 0.2) is 119 Å². The number of aliphatic hydroxyl groups excluding tert-OH is 2. The standard InChI is InChI=1S/C91H134N2O22/c1-50(2)80-56(9)36-38-88(114-80)46-66-42-64(112-88)34-32-54(7)82(52(5)26-24-28-62-48-104-84-78(96)58(11)40-68(86(98)108-66)90(62,84)100)110-74-44-70(102-15)76(60(13)106-74)92-72(94)30-22-20-18-17-19-21-23-31-73(95)93-77-61(14)107-75(45-71(77)103-16)111-83-53(6)27-25-29-63-49-105-85-79(97)59(12)41-69(91(63,85)101)87(99)109-67-43-65(35-33-55(83)8)113-89(47-67)39-37-57(10)81(115-89)51(3)4/h24-29,32-33,36-41,50-53,56-57,60-61,64-71,74-85,96-97,100-101H,17-23,30-31,34-35,42-49H2,1-16H3,(H,92,94)(H,93,95)/b26-24+,27-25+,54-32+,55-33+,62-28+,63-29+/t52-,53-,56-,57-,60-,61-,64+,65+,66-,67-,68-,69-,70-,71-,74-,75-,76-,77-,78+,79+,80+,81+,82-,83-,84+,85+,88+,89+,90+,91+/m0/s1. The molecule has 6 saturated heterocycles. The van der Waals surface area contributed by atoms with Crippen molar-refractivity contribution in [2.75, 3.05) is 27.4 Å². The molecule has 640 valence electrons. The first kappa shape index (κ1) is 88.9. The van der Waals surface area contributed by atoms with Gasteiger partial charge in [0, 0.05) is 89.3 Å². The van der Waals surface area contributed by atoms with Gasteiger partial charge in [-0.1, -0.05) is 160 Å². The van der Waals surface area contributed by atoms with Crippen LogP contribution in [0.3, 0.4) is 0 Å². The van der Waals surface area contributed by atoms with Crippen molar-refractivity contribution in [3.05, 3.63) is 119 Å². The van der Waals surface area contributed by atoms with E-state index in [4.69, 9.17) is 66.3 Å². The number of hydrogen-bond acceptors (Lipinski definition) is 22. The maximum absolute atomic E-state index is 14.5. The second-order valence-electron chi connectivity index (χ2n) is 36.0. The molecule has 0 aromatic carbocycles. The van der Waals surface area contributed by atoms with Gasteiger partial charge in [-0.25, -0.2) is 0 Å². The van der Waals surface area contributed by atoms with Crippen LogP contribution in [0.2, 0.25) is 0 Å². The zero-order valence-electron chi connectivity index (χ0n) is 70.8. The molecule has 30 atom stereocenters. The fourth-order valence-electron chi connectivity index (χ4n) is 19.9. The molecule has 6 fully saturated rings. The van der Waals surface area contributed by atoms with Crippen LogP contribution in [0.5, 0.6) is 0 Å². The summed E-state index contributed by atoms with van der Waals surface area (Å²) in [5.41, 5.74) is 0.0645. The number of methoxy groups -OCH3 is 2. The molecule has 24 nitrogen and oxygen atoms in total. The van der Waals surface area contributed by atoms with Gasteiger partial charge in [0.05, 0.1) is 86.3 Å². The number of fused-ring (bicyclic) bond motifs is 4. The summed E-state index contributed by atoms with van der Waals surface area (Å²) >= 11 is 0. The Labute approximate surface area is 681 Å². The number of aliphatic hydroxyl groups is 4. The Morgan fingerprint density at radius 3 is 1.27 bits per heavy atom. The highest BCUT2D eigenvalue weighted by atomic mass is 16.7. The number of esters is 2. The third-order valence-electron chi connectivity index (χ3n) is 26.5. The highest BCUT2D eigenvalue weighted by Gasteiger charge is 2.62. The topological polar surface area (TPSA) is 302 Å². The number of rotatable bonds is 20. The molecule has 0 unspecified atom stereocenters. The lowest BCUT2D eigenvalue weighted by molar-refractivity contribution is -0.300. The van der Waals surface area contributed by atoms with Crippen LogP contribution in [0.1, 0.15) is 206 Å². The Morgan fingerprint density at radius 2 is 0.896 bits per heavy atom. The minimum Gasteiger partial charge on any atom is -0.462 e. The van der Waals surface area contributed by atoms with Crippen molar-refractivity contribution in [1.82, 2.24) is 10.6 Å². The number of hydrogen-bond donors (Lipinski definition) is 6. The number of carbonyl (C=O) groups is 4. The van der Waals surface area contributed by atoms with Crippen molar-refractivity contribution >= 4 is 23.8 Å². The van der Waals surface area contributed by atoms with Crippen LogP contribution < -0.4 is 10.6 Å². The third-order valence-corrected chi connectivity index (χ3v) is 26.5. The zero-order valence-corrected chi connectivity index (χ0v) is 70.8. The van der Waals surface area contributed by atoms with Crippen LogP contribution in [-0.4, -0.2) is 217 Å². The maximum atomic E-state index is 14.5. The quantitative estimate of drug-likeness (QED) is 0.0375. The molecule has 10 heterocycles. The predicted molar refractivity (Wildman–Crippen MR) is 430 cm³/mol. The maximum Gasteiger partial charge on any atom is 0.316 e. The molecule has 115 heavy (non-hydrogen) atoms. The van der Waals surface area contributed by atoms with E-state index in [0.29, 0.717) is 73.7 Å². The van der Waals surface area contributed by atoms with Crippen molar-refractivity contribution in [3.8, 4) is 0 Å². The van der Waals surface area contributed by atoms with E-state index in [9.17, 15) is 39.6 Å². The summed E-state index contributed by atoms with van der Waals surface area (Å²) in [6, 6.07) is -0.842. The first-order valence-corrected chi connectivity index (χ1v) is 43.0. The number of nitrogens with one attached hydrogen (secondary N) is 2. The molecule has 4 bridgehead atoms. The molecule has 12 rings (SSSR count). The van der Waals surface area contributed by atoms with Gasteiger partial charge in [0.15, 0.2) is 24.2 Å². The minimum absolute atomic E-state index is 0.00498. The van der Waals surface area contributed by atoms with Gasteiger partial charge < -0.3 is 97.4 Å². The van der Waals surface area contributed by atoms with Crippen molar-refractivity contribution in [3.63, 3.8) is 0 Å². The Balaban J connectivity index is 0.603. The second-order valence-corrected chi connectivity index (χ2v) is 36.0. The molecular formula is C91H134N2O22. The Hall–Kier alpha value is -5.36. The van der Waals surface area contributed by atoms with Gasteiger partial charge >= 0.3 is 11.9 Å². The van der Waals surface area contributed by atoms with E-state index < -0.39 is 157 Å². The van der Waals surface area contributed by atoms with E-state index >= 15 is 0 Å². The average Bonchev–Trinajstić information content (AvgIpc) is 1.61. The molecule has 0 saturated carbocycles. The number of allylic oxidation sites excluding steroid dienone is 4. The summed E-state index contributed by atoms with van der Waals surface area (Å²) in [5, 5.41) is 54.4. The average molecular weight is 1610 g/mol. The smallest absolute Gasteiger partial charge is 0.316 e. The van der Waals surface area contributed by atoms with Gasteiger partial charge in [0.25, 0.3) is 0 Å². The van der Waals surface area contributed by atoms with E-state index in [-0.39, 0.29) is 85.6 Å². The molecule has 0 aromatic rings. The fraction of sp³-hybridized carbons (Fsp3) is 0.736. The molecule has 12 aliphatic rings. The van der Waals surface area contributed by atoms with E-state index in [2.05, 4.69) is 90.3 Å². The third kappa shape index (κ3) is 20.0. The van der Waals surface area contributed by atoms with E-state index in [1.807, 2.05) is 64.2 Å². The molecule has 2 aliphatic carbocycles. The predicted octanol–water partition coefficient (Wildman–Crippen LogP) is 11.7. The summed E-state index contributed by atoms with van der Waals surface area (Å²) in [4.78, 5) is 56.3. The molecule has 24 heteroatoms. The molecule has 0 radical (unpaired) electrons. The summed E-state index contributed by atoms with van der Waals surface area (Å²) in [6.45, 7) is 28.3. The van der Waals surface area contributed by atoms with Crippen molar-refractivity contribution in [2.45, 2.75) is 351 Å². The van der Waals surface area contributed by atoms with Gasteiger partial charge in [0.1, 0.15) is 59.7 Å². The van der Waals surface area contributed by atoms with Gasteiger partial charge in [-0.05, 0) is 125 Å². The normalized spacial score (nSPS) is 44.8. The molecule has 10 aliphatic heterocycles. The van der Waals surface area contributed by atoms with Crippen LogP contribution >= 0.6 is 0 Å². The molecular weight excluding hydrogens is 1470 g/mol. The fourth-order valence-corrected chi connectivity index (χ4v) is 19.9. The van der Waals surface area contributed by atoms with Gasteiger partial charge in [0.2, 0.25) is 11.8 Å². The van der Waals surface area contributed by atoms with Crippen LogP contribution in [0, 0.1) is 47.3 Å². The van der Waals surface area contributed by atoms with Crippen LogP contribution in [0.25, 0.3) is 0 Å². The van der Waals surface area contributed by atoms with Crippen molar-refractivity contribution in [2.24, 2.45) is 47.3 Å². The number of amides is 2. The van der Waals surface area contributed by atoms with Gasteiger partial charge in [-0.2, -0.15) is 0 Å². The minimum atomic E-state index is -1.87. The van der Waals surface area contributed by atoms with Gasteiger partial charge in [-0.15, -0.1) is 0 Å². The summed E-state index contributed by atoms with van der Waals surface area (Å²) in [5.74, 6) is -5.76. The SMILES string of the molecule is CO[C@H]1C[C@H](O[C@@H]2/C(C)=C/C[C@@H]3C[C@@H](C[C@]4(C=C[C@H](C)[C@@H](C(C)C)O4)O3)OC(=O)[C@@H]3C=C(C)[C@@H](O)[C@H]4OC/C(=C\C=C\[C@@H]2C)[C@]43O)O[C@@H](C)[C@@H]1NC(=O)CCCCCCCCCC(=O)N[C@H]1[C@H](C)O[C@@H](O[C@@H]2/C(C)=C/C[C@@H]3C[C@@H](C[C@]4(C=C[C@H](C)[C@@H](C(C)C)O4)O3)OC(=O)[C@@H]3C=C(C)[C@@H](O)[C@H]4OC/C(=C\C=C\[C@@H]2C)[C@]43O)C[C@@H]1OC. The van der Waals surface area contributed by atoms with E-state index in [1.165, 1.54) is 0 Å². The Bertz CT molecular complexity index is 3490. The molecule has 6 N–H and O–H groups in total. The first-order valence-electron chi connectivity index (χ1n) is 43.0. The Morgan fingerprint density at radius 1 is 0.513 bits per heavy atom. The molecule has 0 aromatic heterocycles. The van der Waals surface area contributed by atoms with Gasteiger partial charge in [-0.3, -0.25) is 19.2 Å². The van der Waals surface area contributed by atoms with Crippen LogP contribution in [0.4, 0.5) is 0 Å². The molecule has 2 spiro atoms. The monoisotopic (exact) mass is 1610 g/mol. The lowest BCUT2D eigenvalue weighted by Crippen LogP contribution is -2.58. The van der Waals surface area contributed by atoms with Crippen molar-refractivity contribution in [1.29, 1.82) is 0 Å².